The molecule has 0 bridgehead atoms. The maximum atomic E-state index is 12.1. The number of ether oxygens (including phenoxy) is 2. The zero-order chi connectivity index (χ0) is 20.3. The number of hydrogen-bond donors (Lipinski definition) is 3. The van der Waals surface area contributed by atoms with Crippen LogP contribution in [0.1, 0.15) is 17.4 Å². The molecule has 1 aromatic heterocycles. The lowest BCUT2D eigenvalue weighted by Crippen LogP contribution is -2.38. The molecule has 1 fully saturated rings. The highest BCUT2D eigenvalue weighted by Crippen LogP contribution is 2.29. The van der Waals surface area contributed by atoms with Crippen LogP contribution in [0.4, 0.5) is 0 Å². The van der Waals surface area contributed by atoms with Crippen molar-refractivity contribution in [3.63, 3.8) is 0 Å². The first kappa shape index (κ1) is 21.0. The normalized spacial score (nSPS) is 24.9. The van der Waals surface area contributed by atoms with E-state index in [1.54, 1.807) is 12.1 Å². The van der Waals surface area contributed by atoms with Crippen LogP contribution in [0.15, 0.2) is 45.0 Å². The molecule has 8 nitrogen and oxygen atoms in total. The van der Waals surface area contributed by atoms with Crippen molar-refractivity contribution in [3.8, 4) is 0 Å². The fourth-order valence-corrected chi connectivity index (χ4v) is 3.35. The number of H-pyrrole nitrogens is 1. The first-order valence-corrected chi connectivity index (χ1v) is 9.66. The second-order valence-electron chi connectivity index (χ2n) is 6.20. The molecule has 4 atom stereocenters. The number of aromatic amines is 1. The van der Waals surface area contributed by atoms with E-state index in [2.05, 4.69) is 20.9 Å². The molecule has 10 heteroatoms. The van der Waals surface area contributed by atoms with Crippen molar-refractivity contribution in [2.45, 2.75) is 31.1 Å². The van der Waals surface area contributed by atoms with Crippen LogP contribution in [-0.2, 0) is 16.1 Å². The molecule has 0 saturated carbocycles. The van der Waals surface area contributed by atoms with Gasteiger partial charge < -0.3 is 19.7 Å². The van der Waals surface area contributed by atoms with Crippen molar-refractivity contribution in [1.29, 1.82) is 0 Å². The van der Waals surface area contributed by atoms with Gasteiger partial charge in [0.2, 0.25) is 0 Å². The monoisotopic (exact) mass is 472 g/mol. The third-order valence-corrected chi connectivity index (χ3v) is 4.98. The van der Waals surface area contributed by atoms with Crippen LogP contribution in [0.25, 0.3) is 6.08 Å². The molecule has 1 aliphatic heterocycles. The van der Waals surface area contributed by atoms with Crippen molar-refractivity contribution >= 4 is 33.6 Å². The van der Waals surface area contributed by atoms with Crippen LogP contribution in [0.5, 0.6) is 0 Å². The topological polar surface area (TPSA) is 114 Å². The Kier molecular flexibility index (Phi) is 6.86. The number of aliphatic hydroxyl groups excluding tert-OH is 2. The number of benzene rings is 1. The van der Waals surface area contributed by atoms with Crippen LogP contribution < -0.4 is 11.2 Å². The predicted octanol–water partition coefficient (Wildman–Crippen LogP) is 1.39. The molecule has 0 amide bonds. The molecule has 2 heterocycles. The van der Waals surface area contributed by atoms with Gasteiger partial charge in [-0.25, -0.2) is 4.79 Å². The van der Waals surface area contributed by atoms with Gasteiger partial charge in [-0.2, -0.15) is 0 Å². The highest BCUT2D eigenvalue weighted by atomic mass is 79.9. The minimum Gasteiger partial charge on any atom is -0.387 e. The number of aromatic nitrogens is 2. The SMILES string of the molecule is O=c1[nH]c(=O)n([C@@H]2O[C@H](COCc3ccccc3Cl)[C@@H](O)[C@@H]2O)cc1/C=C/Br. The molecule has 3 N–H and O–H groups in total. The fourth-order valence-electron chi connectivity index (χ4n) is 2.87. The van der Waals surface area contributed by atoms with Gasteiger partial charge in [0, 0.05) is 11.2 Å². The number of aliphatic hydroxyl groups is 2. The van der Waals surface area contributed by atoms with Crippen LogP contribution in [0.2, 0.25) is 5.02 Å². The van der Waals surface area contributed by atoms with Gasteiger partial charge in [-0.1, -0.05) is 45.7 Å². The van der Waals surface area contributed by atoms with Gasteiger partial charge in [0.15, 0.2) is 6.23 Å². The van der Waals surface area contributed by atoms with Crippen LogP contribution in [0, 0.1) is 0 Å². The summed E-state index contributed by atoms with van der Waals surface area (Å²) in [6, 6.07) is 7.18. The van der Waals surface area contributed by atoms with Crippen LogP contribution in [-0.4, -0.2) is 44.7 Å². The van der Waals surface area contributed by atoms with Crippen LogP contribution in [0.3, 0.4) is 0 Å². The predicted molar refractivity (Wildman–Crippen MR) is 106 cm³/mol. The molecule has 2 aromatic rings. The van der Waals surface area contributed by atoms with Crippen molar-refractivity contribution in [1.82, 2.24) is 9.55 Å². The van der Waals surface area contributed by atoms with Crippen LogP contribution >= 0.6 is 27.5 Å². The Hall–Kier alpha value is -1.75. The second kappa shape index (κ2) is 9.17. The van der Waals surface area contributed by atoms with E-state index in [4.69, 9.17) is 21.1 Å². The molecule has 0 unspecified atom stereocenters. The molecule has 0 radical (unpaired) electrons. The quantitative estimate of drug-likeness (QED) is 0.584. The van der Waals surface area contributed by atoms with Gasteiger partial charge >= 0.3 is 5.69 Å². The first-order valence-electron chi connectivity index (χ1n) is 8.37. The van der Waals surface area contributed by atoms with Crippen molar-refractivity contribution in [2.24, 2.45) is 0 Å². The molecule has 3 rings (SSSR count). The Balaban J connectivity index is 1.72. The molecule has 1 aliphatic rings. The summed E-state index contributed by atoms with van der Waals surface area (Å²) in [5.74, 6) is 0. The standard InChI is InChI=1S/C18H18BrClN2O6/c19-6-5-10-7-22(18(26)21-16(10)25)17-15(24)14(23)13(28-17)9-27-8-11-3-1-2-4-12(11)20/h1-7,13-15,17,23-24H,8-9H2,(H,21,25,26)/b6-5+/t13-,14-,15+,17-/m1/s1. The average molecular weight is 474 g/mol. The van der Waals surface area contributed by atoms with Crippen molar-refractivity contribution < 1.29 is 19.7 Å². The zero-order valence-electron chi connectivity index (χ0n) is 14.5. The summed E-state index contributed by atoms with van der Waals surface area (Å²) in [7, 11) is 0. The zero-order valence-corrected chi connectivity index (χ0v) is 16.8. The molecule has 150 valence electrons. The molecule has 1 aromatic carbocycles. The smallest absolute Gasteiger partial charge is 0.330 e. The number of halogens is 2. The summed E-state index contributed by atoms with van der Waals surface area (Å²) >= 11 is 9.13. The average Bonchev–Trinajstić information content (AvgIpc) is 2.94. The maximum Gasteiger partial charge on any atom is 0.330 e. The summed E-state index contributed by atoms with van der Waals surface area (Å²) in [6.07, 6.45) is -1.99. The Morgan fingerprint density at radius 3 is 2.75 bits per heavy atom. The third kappa shape index (κ3) is 4.45. The lowest BCUT2D eigenvalue weighted by Gasteiger charge is -2.17. The van der Waals surface area contributed by atoms with Gasteiger partial charge in [-0.15, -0.1) is 0 Å². The highest BCUT2D eigenvalue weighted by molar-refractivity contribution is 9.11. The van der Waals surface area contributed by atoms with Gasteiger partial charge in [-0.3, -0.25) is 14.3 Å². The Morgan fingerprint density at radius 2 is 2.04 bits per heavy atom. The van der Waals surface area contributed by atoms with E-state index in [1.165, 1.54) is 17.3 Å². The van der Waals surface area contributed by atoms with Gasteiger partial charge in [0.1, 0.15) is 18.3 Å². The summed E-state index contributed by atoms with van der Waals surface area (Å²) in [4.78, 5) is 27.5. The minimum atomic E-state index is -1.38. The Morgan fingerprint density at radius 1 is 1.29 bits per heavy atom. The van der Waals surface area contributed by atoms with E-state index in [-0.39, 0.29) is 18.8 Å². The summed E-state index contributed by atoms with van der Waals surface area (Å²) in [5.41, 5.74) is -0.382. The molecule has 28 heavy (non-hydrogen) atoms. The van der Waals surface area contributed by atoms with Gasteiger partial charge in [0.05, 0.1) is 18.8 Å². The second-order valence-corrected chi connectivity index (χ2v) is 7.13. The van der Waals surface area contributed by atoms with E-state index < -0.39 is 35.8 Å². The fraction of sp³-hybridized carbons (Fsp3) is 0.333. The van der Waals surface area contributed by atoms with E-state index in [0.717, 1.165) is 10.1 Å². The highest BCUT2D eigenvalue weighted by Gasteiger charge is 2.44. The molecular weight excluding hydrogens is 456 g/mol. The summed E-state index contributed by atoms with van der Waals surface area (Å²) in [5, 5.41) is 21.2. The van der Waals surface area contributed by atoms with Crippen molar-refractivity contribution in [3.05, 3.63) is 72.4 Å². The third-order valence-electron chi connectivity index (χ3n) is 4.35. The van der Waals surface area contributed by atoms with E-state index in [1.807, 2.05) is 12.1 Å². The van der Waals surface area contributed by atoms with E-state index in [0.29, 0.717) is 5.02 Å². The number of nitrogens with zero attached hydrogens (tertiary/aromatic N) is 1. The largest absolute Gasteiger partial charge is 0.387 e. The summed E-state index contributed by atoms with van der Waals surface area (Å²) in [6.45, 7) is 0.179. The van der Waals surface area contributed by atoms with E-state index in [9.17, 15) is 19.8 Å². The lowest BCUT2D eigenvalue weighted by atomic mass is 10.1. The Bertz CT molecular complexity index is 975. The maximum absolute atomic E-state index is 12.1. The van der Waals surface area contributed by atoms with Crippen molar-refractivity contribution in [2.75, 3.05) is 6.61 Å². The first-order chi connectivity index (χ1) is 13.4. The number of hydrogen-bond acceptors (Lipinski definition) is 6. The molecule has 0 spiro atoms. The number of rotatable bonds is 6. The molecule has 1 saturated heterocycles. The molecular formula is C18H18BrClN2O6. The van der Waals surface area contributed by atoms with E-state index >= 15 is 0 Å². The number of nitrogens with one attached hydrogen (secondary N) is 1. The summed E-state index contributed by atoms with van der Waals surface area (Å²) < 4.78 is 12.2. The minimum absolute atomic E-state index is 0.0216. The lowest BCUT2D eigenvalue weighted by molar-refractivity contribution is -0.0711. The van der Waals surface area contributed by atoms with Gasteiger partial charge in [-0.05, 0) is 22.7 Å². The Labute approximate surface area is 173 Å². The molecule has 0 aliphatic carbocycles. The van der Waals surface area contributed by atoms with Gasteiger partial charge in [0.25, 0.3) is 5.56 Å².